The number of rotatable bonds is 5. The van der Waals surface area contributed by atoms with Gasteiger partial charge in [0.2, 0.25) is 0 Å². The molecule has 4 N–H and O–H groups in total. The summed E-state index contributed by atoms with van der Waals surface area (Å²) in [4.78, 5) is 34.9. The summed E-state index contributed by atoms with van der Waals surface area (Å²) in [6.45, 7) is 0. The van der Waals surface area contributed by atoms with E-state index in [1.54, 1.807) is 54.6 Å². The number of benzene rings is 2. The van der Waals surface area contributed by atoms with E-state index in [-0.39, 0.29) is 6.42 Å². The average Bonchev–Trinajstić information content (AvgIpc) is 2.60. The number of hydrogen-bond acceptors (Lipinski definition) is 3. The molecular formula is C17H17N3O4. The van der Waals surface area contributed by atoms with Crippen molar-refractivity contribution in [3.63, 3.8) is 0 Å². The topological polar surface area (TPSA) is 108 Å². The van der Waals surface area contributed by atoms with Gasteiger partial charge in [0.15, 0.2) is 0 Å². The zero-order valence-electron chi connectivity index (χ0n) is 12.7. The molecule has 2 aromatic rings. The maximum Gasteiger partial charge on any atom is 0.405 e. The lowest BCUT2D eigenvalue weighted by molar-refractivity contribution is -0.123. The van der Waals surface area contributed by atoms with E-state index >= 15 is 0 Å². The number of hydrogen-bond donors (Lipinski definition) is 4. The predicted octanol–water partition coefficient (Wildman–Crippen LogP) is 1.33. The number of carbonyl (C=O) groups excluding carboxylic acids is 2. The molecule has 0 bridgehead atoms. The largest absolute Gasteiger partial charge is 0.465 e. The molecule has 1 unspecified atom stereocenters. The minimum Gasteiger partial charge on any atom is -0.465 e. The van der Waals surface area contributed by atoms with Crippen LogP contribution in [0.25, 0.3) is 0 Å². The van der Waals surface area contributed by atoms with Crippen molar-refractivity contribution in [1.29, 1.82) is 0 Å². The third kappa shape index (κ3) is 5.13. The molecule has 0 aliphatic rings. The summed E-state index contributed by atoms with van der Waals surface area (Å²) in [5.41, 5.74) is 5.68. The van der Waals surface area contributed by atoms with Gasteiger partial charge >= 0.3 is 6.09 Å². The monoisotopic (exact) mass is 327 g/mol. The van der Waals surface area contributed by atoms with Crippen LogP contribution in [0.1, 0.15) is 15.9 Å². The maximum absolute atomic E-state index is 12.2. The second-order valence-electron chi connectivity index (χ2n) is 5.00. The number of carboxylic acid groups (broad SMARTS) is 1. The Morgan fingerprint density at radius 1 is 0.875 bits per heavy atom. The maximum atomic E-state index is 12.2. The van der Waals surface area contributed by atoms with Crippen molar-refractivity contribution < 1.29 is 19.5 Å². The first-order valence-corrected chi connectivity index (χ1v) is 7.25. The Morgan fingerprint density at radius 3 is 2.04 bits per heavy atom. The molecular weight excluding hydrogens is 310 g/mol. The summed E-state index contributed by atoms with van der Waals surface area (Å²) < 4.78 is 0. The molecule has 7 nitrogen and oxygen atoms in total. The quantitative estimate of drug-likeness (QED) is 0.621. The van der Waals surface area contributed by atoms with E-state index in [2.05, 4.69) is 16.2 Å². The van der Waals surface area contributed by atoms with E-state index in [0.717, 1.165) is 5.56 Å². The molecule has 24 heavy (non-hydrogen) atoms. The van der Waals surface area contributed by atoms with E-state index in [4.69, 9.17) is 5.11 Å². The van der Waals surface area contributed by atoms with Crippen molar-refractivity contribution in [2.45, 2.75) is 12.5 Å². The molecule has 0 aliphatic carbocycles. The van der Waals surface area contributed by atoms with Gasteiger partial charge in [-0.25, -0.2) is 4.79 Å². The second kappa shape index (κ2) is 8.33. The van der Waals surface area contributed by atoms with Crippen molar-refractivity contribution in [2.75, 3.05) is 0 Å². The van der Waals surface area contributed by atoms with Gasteiger partial charge in [0.05, 0.1) is 0 Å². The van der Waals surface area contributed by atoms with Crippen molar-refractivity contribution in [3.8, 4) is 0 Å². The van der Waals surface area contributed by atoms with Crippen molar-refractivity contribution in [2.24, 2.45) is 0 Å². The van der Waals surface area contributed by atoms with E-state index in [1.165, 1.54) is 0 Å². The molecule has 0 fully saturated rings. The standard InChI is InChI=1S/C17H17N3O4/c21-15(13-9-5-2-6-10-13)19-20-16(22)14(18-17(23)24)11-12-7-3-1-4-8-12/h1-10,14,18H,11H2,(H,19,21)(H,20,22)(H,23,24). The Labute approximate surface area is 138 Å². The Balaban J connectivity index is 1.97. The lowest BCUT2D eigenvalue weighted by Crippen LogP contribution is -2.53. The Bertz CT molecular complexity index is 704. The Morgan fingerprint density at radius 2 is 1.46 bits per heavy atom. The van der Waals surface area contributed by atoms with Gasteiger partial charge in [-0.2, -0.15) is 0 Å². The van der Waals surface area contributed by atoms with E-state index in [0.29, 0.717) is 5.56 Å². The highest BCUT2D eigenvalue weighted by molar-refractivity contribution is 5.96. The zero-order valence-corrected chi connectivity index (χ0v) is 12.7. The minimum atomic E-state index is -1.32. The Kier molecular flexibility index (Phi) is 5.90. The van der Waals surface area contributed by atoms with Crippen LogP contribution in [-0.4, -0.2) is 29.1 Å². The van der Waals surface area contributed by atoms with E-state index in [1.807, 2.05) is 6.07 Å². The van der Waals surface area contributed by atoms with Gasteiger partial charge in [-0.3, -0.25) is 20.4 Å². The molecule has 0 saturated heterocycles. The first kappa shape index (κ1) is 17.0. The van der Waals surface area contributed by atoms with Gasteiger partial charge in [0, 0.05) is 12.0 Å². The van der Waals surface area contributed by atoms with Gasteiger partial charge in [0.1, 0.15) is 6.04 Å². The fraction of sp³-hybridized carbons (Fsp3) is 0.118. The number of carbonyl (C=O) groups is 3. The fourth-order valence-corrected chi connectivity index (χ4v) is 2.08. The number of amides is 3. The normalized spacial score (nSPS) is 11.2. The smallest absolute Gasteiger partial charge is 0.405 e. The third-order valence-corrected chi connectivity index (χ3v) is 3.23. The van der Waals surface area contributed by atoms with Crippen molar-refractivity contribution in [1.82, 2.24) is 16.2 Å². The van der Waals surface area contributed by atoms with Gasteiger partial charge in [-0.05, 0) is 17.7 Å². The summed E-state index contributed by atoms with van der Waals surface area (Å²) in [5.74, 6) is -1.14. The van der Waals surface area contributed by atoms with Crippen LogP contribution < -0.4 is 16.2 Å². The molecule has 0 aromatic heterocycles. The van der Waals surface area contributed by atoms with Gasteiger partial charge in [0.25, 0.3) is 11.8 Å². The lowest BCUT2D eigenvalue weighted by Gasteiger charge is -2.17. The van der Waals surface area contributed by atoms with Crippen LogP contribution in [0.15, 0.2) is 60.7 Å². The van der Waals surface area contributed by atoms with Crippen LogP contribution in [0.4, 0.5) is 4.79 Å². The predicted molar refractivity (Wildman–Crippen MR) is 87.1 cm³/mol. The first-order valence-electron chi connectivity index (χ1n) is 7.25. The van der Waals surface area contributed by atoms with E-state index in [9.17, 15) is 14.4 Å². The molecule has 7 heteroatoms. The molecule has 1 atom stereocenters. The number of nitrogens with one attached hydrogen (secondary N) is 3. The first-order chi connectivity index (χ1) is 11.6. The molecule has 124 valence electrons. The van der Waals surface area contributed by atoms with E-state index < -0.39 is 23.9 Å². The third-order valence-electron chi connectivity index (χ3n) is 3.23. The fourth-order valence-electron chi connectivity index (χ4n) is 2.08. The molecule has 0 heterocycles. The molecule has 2 rings (SSSR count). The molecule has 0 spiro atoms. The summed E-state index contributed by atoms with van der Waals surface area (Å²) in [6, 6.07) is 16.3. The van der Waals surface area contributed by atoms with Crippen molar-refractivity contribution >= 4 is 17.9 Å². The van der Waals surface area contributed by atoms with Crippen LogP contribution in [0.2, 0.25) is 0 Å². The summed E-state index contributed by atoms with van der Waals surface area (Å²) >= 11 is 0. The summed E-state index contributed by atoms with van der Waals surface area (Å²) in [6.07, 6.45) is -1.15. The highest BCUT2D eigenvalue weighted by Crippen LogP contribution is 2.03. The molecule has 0 radical (unpaired) electrons. The SMILES string of the molecule is O=C(O)NC(Cc1ccccc1)C(=O)NNC(=O)c1ccccc1. The van der Waals surface area contributed by atoms with Crippen molar-refractivity contribution in [3.05, 3.63) is 71.8 Å². The van der Waals surface area contributed by atoms with Crippen LogP contribution in [0.3, 0.4) is 0 Å². The molecule has 2 aromatic carbocycles. The number of hydrazine groups is 1. The lowest BCUT2D eigenvalue weighted by atomic mass is 10.1. The van der Waals surface area contributed by atoms with Crippen LogP contribution in [-0.2, 0) is 11.2 Å². The van der Waals surface area contributed by atoms with Gasteiger partial charge in [-0.15, -0.1) is 0 Å². The molecule has 3 amide bonds. The van der Waals surface area contributed by atoms with Gasteiger partial charge in [-0.1, -0.05) is 48.5 Å². The average molecular weight is 327 g/mol. The molecule has 0 saturated carbocycles. The van der Waals surface area contributed by atoms with Gasteiger partial charge < -0.3 is 10.4 Å². The minimum absolute atomic E-state index is 0.167. The van der Waals surface area contributed by atoms with Crippen LogP contribution >= 0.6 is 0 Å². The zero-order chi connectivity index (χ0) is 17.4. The highest BCUT2D eigenvalue weighted by atomic mass is 16.4. The Hall–Kier alpha value is -3.35. The van der Waals surface area contributed by atoms with Crippen LogP contribution in [0.5, 0.6) is 0 Å². The highest BCUT2D eigenvalue weighted by Gasteiger charge is 2.21. The van der Waals surface area contributed by atoms with Crippen LogP contribution in [0, 0.1) is 0 Å². The summed E-state index contributed by atoms with van der Waals surface area (Å²) in [7, 11) is 0. The summed E-state index contributed by atoms with van der Waals surface area (Å²) in [5, 5.41) is 11.0. The molecule has 0 aliphatic heterocycles. The second-order valence-corrected chi connectivity index (χ2v) is 5.00.